The normalized spacial score (nSPS) is 11.9. The molecule has 136 valence electrons. The monoisotopic (exact) mass is 353 g/mol. The van der Waals surface area contributed by atoms with Gasteiger partial charge >= 0.3 is 0 Å². The van der Waals surface area contributed by atoms with Crippen LogP contribution in [0.3, 0.4) is 0 Å². The van der Waals surface area contributed by atoms with Gasteiger partial charge in [0.25, 0.3) is 5.91 Å². The number of aromatic nitrogens is 2. The predicted molar refractivity (Wildman–Crippen MR) is 101 cm³/mol. The Balaban J connectivity index is 1.41. The first-order valence-electron chi connectivity index (χ1n) is 8.68. The van der Waals surface area contributed by atoms with E-state index < -0.39 is 6.10 Å². The van der Waals surface area contributed by atoms with E-state index in [1.54, 1.807) is 38.3 Å². The molecule has 2 aromatic carbocycles. The number of nitrogens with one attached hydrogen (secondary N) is 2. The van der Waals surface area contributed by atoms with E-state index in [2.05, 4.69) is 15.3 Å². The number of methoxy groups -OCH3 is 1. The van der Waals surface area contributed by atoms with Gasteiger partial charge in [0.05, 0.1) is 18.1 Å². The van der Waals surface area contributed by atoms with E-state index in [9.17, 15) is 4.79 Å². The van der Waals surface area contributed by atoms with Crippen LogP contribution in [-0.2, 0) is 11.2 Å². The maximum Gasteiger partial charge on any atom is 0.260 e. The molecular weight excluding hydrogens is 330 g/mol. The summed E-state index contributed by atoms with van der Waals surface area (Å²) in [5, 5.41) is 2.90. The minimum atomic E-state index is -0.561. The number of hydrogen-bond donors (Lipinski definition) is 2. The molecule has 6 heteroatoms. The molecule has 1 heterocycles. The quantitative estimate of drug-likeness (QED) is 0.610. The van der Waals surface area contributed by atoms with Gasteiger partial charge in [-0.15, -0.1) is 0 Å². The van der Waals surface area contributed by atoms with Gasteiger partial charge in [-0.1, -0.05) is 12.1 Å². The van der Waals surface area contributed by atoms with E-state index in [4.69, 9.17) is 9.47 Å². The Morgan fingerprint density at radius 2 is 1.88 bits per heavy atom. The van der Waals surface area contributed by atoms with Gasteiger partial charge in [-0.3, -0.25) is 4.79 Å². The van der Waals surface area contributed by atoms with Crippen molar-refractivity contribution in [2.45, 2.75) is 25.9 Å². The van der Waals surface area contributed by atoms with Crippen molar-refractivity contribution in [1.82, 2.24) is 15.3 Å². The van der Waals surface area contributed by atoms with Gasteiger partial charge in [0.1, 0.15) is 17.3 Å². The SMILES string of the molecule is COc1ccc(O[C@H](C)C(=O)NCCCc2nc3ccccc3[nH]2)cc1. The fraction of sp³-hybridized carbons (Fsp3) is 0.300. The maximum absolute atomic E-state index is 12.1. The maximum atomic E-state index is 12.1. The van der Waals surface area contributed by atoms with Crippen molar-refractivity contribution in [3.63, 3.8) is 0 Å². The predicted octanol–water partition coefficient (Wildman–Crippen LogP) is 3.09. The molecule has 1 amide bonds. The zero-order chi connectivity index (χ0) is 18.4. The Morgan fingerprint density at radius 1 is 1.15 bits per heavy atom. The van der Waals surface area contributed by atoms with E-state index in [0.717, 1.165) is 35.4 Å². The van der Waals surface area contributed by atoms with E-state index in [0.29, 0.717) is 12.3 Å². The first-order valence-corrected chi connectivity index (χ1v) is 8.68. The lowest BCUT2D eigenvalue weighted by Crippen LogP contribution is -2.36. The number of aromatic amines is 1. The average molecular weight is 353 g/mol. The van der Waals surface area contributed by atoms with Gasteiger partial charge in [0, 0.05) is 13.0 Å². The molecule has 0 saturated heterocycles. The molecule has 2 N–H and O–H groups in total. The van der Waals surface area contributed by atoms with Crippen LogP contribution < -0.4 is 14.8 Å². The number of rotatable bonds is 8. The molecule has 0 saturated carbocycles. The molecule has 0 spiro atoms. The number of fused-ring (bicyclic) bond motifs is 1. The number of nitrogens with zero attached hydrogens (tertiary/aromatic N) is 1. The van der Waals surface area contributed by atoms with Crippen LogP contribution in [0.4, 0.5) is 0 Å². The molecule has 0 aliphatic rings. The molecule has 0 aliphatic carbocycles. The van der Waals surface area contributed by atoms with Crippen molar-refractivity contribution in [2.75, 3.05) is 13.7 Å². The summed E-state index contributed by atoms with van der Waals surface area (Å²) in [5.41, 5.74) is 2.00. The molecule has 3 aromatic rings. The molecule has 1 atom stereocenters. The lowest BCUT2D eigenvalue weighted by Gasteiger charge is -2.14. The van der Waals surface area contributed by atoms with E-state index in [-0.39, 0.29) is 5.91 Å². The number of imidazole rings is 1. The van der Waals surface area contributed by atoms with E-state index in [1.807, 2.05) is 24.3 Å². The average Bonchev–Trinajstić information content (AvgIpc) is 3.08. The topological polar surface area (TPSA) is 76.2 Å². The van der Waals surface area contributed by atoms with Crippen LogP contribution in [0, 0.1) is 0 Å². The van der Waals surface area contributed by atoms with Crippen molar-refractivity contribution in [3.8, 4) is 11.5 Å². The Morgan fingerprint density at radius 3 is 2.62 bits per heavy atom. The number of para-hydroxylation sites is 2. The van der Waals surface area contributed by atoms with E-state index in [1.165, 1.54) is 0 Å². The Bertz CT molecular complexity index is 825. The summed E-state index contributed by atoms with van der Waals surface area (Å²) in [5.74, 6) is 2.18. The van der Waals surface area contributed by atoms with Crippen LogP contribution in [0.5, 0.6) is 11.5 Å². The minimum Gasteiger partial charge on any atom is -0.497 e. The molecule has 6 nitrogen and oxygen atoms in total. The van der Waals surface area contributed by atoms with Crippen molar-refractivity contribution in [3.05, 3.63) is 54.4 Å². The molecule has 0 radical (unpaired) electrons. The molecule has 1 aromatic heterocycles. The number of carbonyl (C=O) groups is 1. The zero-order valence-corrected chi connectivity index (χ0v) is 15.0. The summed E-state index contributed by atoms with van der Waals surface area (Å²) in [6, 6.07) is 15.1. The Hall–Kier alpha value is -3.02. The largest absolute Gasteiger partial charge is 0.497 e. The van der Waals surface area contributed by atoms with Crippen LogP contribution in [-0.4, -0.2) is 35.6 Å². The van der Waals surface area contributed by atoms with Crippen molar-refractivity contribution in [1.29, 1.82) is 0 Å². The van der Waals surface area contributed by atoms with Crippen LogP contribution in [0.2, 0.25) is 0 Å². The highest BCUT2D eigenvalue weighted by atomic mass is 16.5. The number of hydrogen-bond acceptors (Lipinski definition) is 4. The van der Waals surface area contributed by atoms with Crippen molar-refractivity contribution >= 4 is 16.9 Å². The van der Waals surface area contributed by atoms with E-state index >= 15 is 0 Å². The summed E-state index contributed by atoms with van der Waals surface area (Å²) in [7, 11) is 1.61. The minimum absolute atomic E-state index is 0.134. The fourth-order valence-corrected chi connectivity index (χ4v) is 2.65. The van der Waals surface area contributed by atoms with Gasteiger partial charge in [-0.05, 0) is 49.7 Å². The van der Waals surface area contributed by atoms with Crippen LogP contribution in [0.25, 0.3) is 11.0 Å². The molecule has 26 heavy (non-hydrogen) atoms. The number of benzene rings is 2. The molecular formula is C20H23N3O3. The lowest BCUT2D eigenvalue weighted by atomic mass is 10.3. The second-order valence-electron chi connectivity index (χ2n) is 6.03. The van der Waals surface area contributed by atoms with Crippen LogP contribution in [0.1, 0.15) is 19.2 Å². The number of aryl methyl sites for hydroxylation is 1. The highest BCUT2D eigenvalue weighted by Crippen LogP contribution is 2.18. The van der Waals surface area contributed by atoms with Crippen molar-refractivity contribution in [2.24, 2.45) is 0 Å². The molecule has 0 aliphatic heterocycles. The third-order valence-electron chi connectivity index (χ3n) is 4.07. The second kappa shape index (κ2) is 8.38. The molecule has 0 bridgehead atoms. The van der Waals surface area contributed by atoms with Gasteiger partial charge in [0.2, 0.25) is 0 Å². The van der Waals surface area contributed by atoms with Crippen LogP contribution >= 0.6 is 0 Å². The molecule has 3 rings (SSSR count). The summed E-state index contributed by atoms with van der Waals surface area (Å²) in [6.07, 6.45) is 1.03. The highest BCUT2D eigenvalue weighted by molar-refractivity contribution is 5.80. The number of amides is 1. The standard InChI is InChI=1S/C20H23N3O3/c1-14(26-16-11-9-15(25-2)10-12-16)20(24)21-13-5-8-19-22-17-6-3-4-7-18(17)23-19/h3-4,6-7,9-12,14H,5,8,13H2,1-2H3,(H,21,24)(H,22,23)/t14-/m1/s1. The van der Waals surface area contributed by atoms with Gasteiger partial charge in [-0.2, -0.15) is 0 Å². The summed E-state index contributed by atoms with van der Waals surface area (Å²) >= 11 is 0. The smallest absolute Gasteiger partial charge is 0.260 e. The zero-order valence-electron chi connectivity index (χ0n) is 15.0. The van der Waals surface area contributed by atoms with Gasteiger partial charge < -0.3 is 19.8 Å². The fourth-order valence-electron chi connectivity index (χ4n) is 2.65. The molecule has 0 unspecified atom stereocenters. The third-order valence-corrected chi connectivity index (χ3v) is 4.07. The number of H-pyrrole nitrogens is 1. The summed E-state index contributed by atoms with van der Waals surface area (Å²) in [6.45, 7) is 2.31. The number of ether oxygens (including phenoxy) is 2. The number of carbonyl (C=O) groups excluding carboxylic acids is 1. The van der Waals surface area contributed by atoms with Gasteiger partial charge in [0.15, 0.2) is 6.10 Å². The van der Waals surface area contributed by atoms with Crippen molar-refractivity contribution < 1.29 is 14.3 Å². The second-order valence-corrected chi connectivity index (χ2v) is 6.03. The van der Waals surface area contributed by atoms with Crippen LogP contribution in [0.15, 0.2) is 48.5 Å². The highest BCUT2D eigenvalue weighted by Gasteiger charge is 2.14. The van der Waals surface area contributed by atoms with Gasteiger partial charge in [-0.25, -0.2) is 4.98 Å². The first kappa shape index (κ1) is 17.8. The lowest BCUT2D eigenvalue weighted by molar-refractivity contribution is -0.127. The summed E-state index contributed by atoms with van der Waals surface area (Å²) in [4.78, 5) is 20.0. The third kappa shape index (κ3) is 4.53. The first-order chi connectivity index (χ1) is 12.7. The summed E-state index contributed by atoms with van der Waals surface area (Å²) < 4.78 is 10.7. The Labute approximate surface area is 152 Å². The Kier molecular flexibility index (Phi) is 5.73. The molecule has 0 fully saturated rings.